The Morgan fingerprint density at radius 3 is 2.29 bits per heavy atom. The third-order valence-corrected chi connectivity index (χ3v) is 2.99. The van der Waals surface area contributed by atoms with E-state index in [0.717, 1.165) is 12.8 Å². The Bertz CT molecular complexity index is 246. The molecule has 14 heavy (non-hydrogen) atoms. The number of hydrogen-bond donors (Lipinski definition) is 2. The van der Waals surface area contributed by atoms with Gasteiger partial charge in [0.15, 0.2) is 0 Å². The van der Waals surface area contributed by atoms with Gasteiger partial charge < -0.3 is 11.6 Å². The largest absolute Gasteiger partial charge is 1.00 e. The van der Waals surface area contributed by atoms with Crippen LogP contribution in [0.25, 0.3) is 0 Å². The van der Waals surface area contributed by atoms with Crippen LogP contribution in [0.15, 0.2) is 0 Å². The minimum absolute atomic E-state index is 0. The number of rotatable bonds is 2. The fraction of sp³-hybridized carbons (Fsp3) is 0.778. The average molecular weight is 210 g/mol. The molecule has 2 N–H and O–H groups in total. The van der Waals surface area contributed by atoms with Crippen molar-refractivity contribution in [2.45, 2.75) is 32.6 Å². The van der Waals surface area contributed by atoms with Gasteiger partial charge in [-0.25, -0.2) is 0 Å². The van der Waals surface area contributed by atoms with Crippen LogP contribution in [-0.2, 0) is 9.59 Å². The van der Waals surface area contributed by atoms with Gasteiger partial charge in [-0.1, -0.05) is 12.8 Å². The first-order chi connectivity index (χ1) is 5.98. The molecule has 1 fully saturated rings. The predicted molar refractivity (Wildman–Crippen MR) is 46.4 cm³/mol. The summed E-state index contributed by atoms with van der Waals surface area (Å²) in [5.41, 5.74) is -1.07. The van der Waals surface area contributed by atoms with Crippen LogP contribution < -0.4 is 29.6 Å². The molecule has 76 valence electrons. The molecule has 0 aromatic heterocycles. The second kappa shape index (κ2) is 5.14. The molecule has 0 amide bonds. The summed E-state index contributed by atoms with van der Waals surface area (Å²) in [5, 5.41) is 17.8. The number of carbonyl (C=O) groups is 2. The third-order valence-electron chi connectivity index (χ3n) is 2.99. The molecule has 0 spiro atoms. The fourth-order valence-electron chi connectivity index (χ4n) is 1.99. The van der Waals surface area contributed by atoms with E-state index in [-0.39, 0.29) is 31.0 Å². The maximum atomic E-state index is 10.9. The van der Waals surface area contributed by atoms with Crippen LogP contribution in [0.2, 0.25) is 0 Å². The Balaban J connectivity index is 0. The molecular formula is C9H15NaO4. The summed E-state index contributed by atoms with van der Waals surface area (Å²) in [6, 6.07) is 0. The minimum Gasteiger partial charge on any atom is -1.00 e. The second-order valence-corrected chi connectivity index (χ2v) is 3.86. The van der Waals surface area contributed by atoms with Crippen LogP contribution in [-0.4, -0.2) is 22.2 Å². The van der Waals surface area contributed by atoms with E-state index < -0.39 is 23.3 Å². The van der Waals surface area contributed by atoms with Gasteiger partial charge in [0.25, 0.3) is 0 Å². The molecule has 2 unspecified atom stereocenters. The zero-order valence-corrected chi connectivity index (χ0v) is 10.6. The molecular weight excluding hydrogens is 195 g/mol. The molecule has 1 aliphatic carbocycles. The van der Waals surface area contributed by atoms with Crippen LogP contribution in [0.1, 0.15) is 34.0 Å². The number of hydrogen-bond acceptors (Lipinski definition) is 2. The van der Waals surface area contributed by atoms with Crippen LogP contribution in [0, 0.1) is 11.3 Å². The van der Waals surface area contributed by atoms with E-state index in [1.807, 2.05) is 0 Å². The molecule has 1 rings (SSSR count). The zero-order valence-electron chi connectivity index (χ0n) is 9.62. The summed E-state index contributed by atoms with van der Waals surface area (Å²) in [7, 11) is 0. The van der Waals surface area contributed by atoms with Crippen molar-refractivity contribution in [3.8, 4) is 0 Å². The van der Waals surface area contributed by atoms with Gasteiger partial charge in [0.05, 0.1) is 11.3 Å². The summed E-state index contributed by atoms with van der Waals surface area (Å²) in [6.45, 7) is 1.54. The predicted octanol–water partition coefficient (Wildman–Crippen LogP) is -1.53. The molecule has 0 radical (unpaired) electrons. The third kappa shape index (κ3) is 2.49. The van der Waals surface area contributed by atoms with Gasteiger partial charge >= 0.3 is 41.5 Å². The van der Waals surface area contributed by atoms with Gasteiger partial charge in [0, 0.05) is 0 Å². The minimum atomic E-state index is -1.07. The Kier molecular flexibility index (Phi) is 5.12. The van der Waals surface area contributed by atoms with E-state index in [0.29, 0.717) is 12.8 Å². The van der Waals surface area contributed by atoms with E-state index in [2.05, 4.69) is 0 Å². The molecule has 0 heterocycles. The van der Waals surface area contributed by atoms with Gasteiger partial charge in [0.2, 0.25) is 0 Å². The molecule has 5 heteroatoms. The quantitative estimate of drug-likeness (QED) is 0.542. The van der Waals surface area contributed by atoms with Crippen molar-refractivity contribution in [1.82, 2.24) is 0 Å². The molecule has 1 aliphatic rings. The first kappa shape index (κ1) is 13.9. The van der Waals surface area contributed by atoms with Crippen molar-refractivity contribution < 1.29 is 50.8 Å². The number of carboxylic acid groups (broad SMARTS) is 2. The molecule has 0 bridgehead atoms. The molecule has 2 atom stereocenters. The van der Waals surface area contributed by atoms with Gasteiger partial charge in [-0.05, 0) is 19.8 Å². The molecule has 0 aromatic rings. The van der Waals surface area contributed by atoms with Crippen LogP contribution >= 0.6 is 0 Å². The molecule has 0 aliphatic heterocycles. The normalized spacial score (nSPS) is 31.6. The van der Waals surface area contributed by atoms with Crippen molar-refractivity contribution in [1.29, 1.82) is 0 Å². The van der Waals surface area contributed by atoms with Crippen LogP contribution in [0.4, 0.5) is 0 Å². The molecule has 0 saturated heterocycles. The average Bonchev–Trinajstić information content (AvgIpc) is 2.04. The van der Waals surface area contributed by atoms with Crippen LogP contribution in [0.3, 0.4) is 0 Å². The zero-order chi connectivity index (χ0) is 10.1. The summed E-state index contributed by atoms with van der Waals surface area (Å²) in [4.78, 5) is 21.7. The summed E-state index contributed by atoms with van der Waals surface area (Å²) in [5.74, 6) is -2.69. The summed E-state index contributed by atoms with van der Waals surface area (Å²) >= 11 is 0. The van der Waals surface area contributed by atoms with Crippen molar-refractivity contribution in [3.63, 3.8) is 0 Å². The maximum Gasteiger partial charge on any atom is 1.00 e. The van der Waals surface area contributed by atoms with E-state index in [4.69, 9.17) is 10.2 Å². The van der Waals surface area contributed by atoms with Gasteiger partial charge in [0.1, 0.15) is 0 Å². The van der Waals surface area contributed by atoms with Crippen molar-refractivity contribution in [3.05, 3.63) is 0 Å². The van der Waals surface area contributed by atoms with Crippen molar-refractivity contribution in [2.24, 2.45) is 11.3 Å². The molecule has 0 aromatic carbocycles. The Labute approximate surface area is 106 Å². The van der Waals surface area contributed by atoms with Gasteiger partial charge in [-0.3, -0.25) is 9.59 Å². The first-order valence-electron chi connectivity index (χ1n) is 4.44. The smallest absolute Gasteiger partial charge is 1.00 e. The van der Waals surface area contributed by atoms with E-state index in [9.17, 15) is 9.59 Å². The van der Waals surface area contributed by atoms with Crippen LogP contribution in [0.5, 0.6) is 0 Å². The SMILES string of the molecule is CC1(C(=O)O)CCCCC1C(=O)O.[H-].[Na+]. The maximum absolute atomic E-state index is 10.9. The van der Waals surface area contributed by atoms with Gasteiger partial charge in [-0.15, -0.1) is 0 Å². The van der Waals surface area contributed by atoms with E-state index in [1.165, 1.54) is 6.92 Å². The summed E-state index contributed by atoms with van der Waals surface area (Å²) < 4.78 is 0. The summed E-state index contributed by atoms with van der Waals surface area (Å²) in [6.07, 6.45) is 2.59. The molecule has 1 saturated carbocycles. The topological polar surface area (TPSA) is 74.6 Å². The monoisotopic (exact) mass is 210 g/mol. The Morgan fingerprint density at radius 1 is 1.36 bits per heavy atom. The molecule has 4 nitrogen and oxygen atoms in total. The van der Waals surface area contributed by atoms with Crippen molar-refractivity contribution >= 4 is 11.9 Å². The second-order valence-electron chi connectivity index (χ2n) is 3.86. The standard InChI is InChI=1S/C9H14O4.Na.H/c1-9(8(12)13)5-3-2-4-6(9)7(10)11;;/h6H,2-5H2,1H3,(H,10,11)(H,12,13);;/q;+1;-1. The van der Waals surface area contributed by atoms with E-state index >= 15 is 0 Å². The van der Waals surface area contributed by atoms with Gasteiger partial charge in [-0.2, -0.15) is 0 Å². The number of aliphatic carboxylic acids is 2. The van der Waals surface area contributed by atoms with Crippen molar-refractivity contribution in [2.75, 3.05) is 0 Å². The number of carboxylic acids is 2. The Hall–Kier alpha value is -0.0600. The fourth-order valence-corrected chi connectivity index (χ4v) is 1.99. The van der Waals surface area contributed by atoms with E-state index in [1.54, 1.807) is 0 Å². The first-order valence-corrected chi connectivity index (χ1v) is 4.44. The Morgan fingerprint density at radius 2 is 1.93 bits per heavy atom.